The molecule has 1 aromatic heterocycles. The van der Waals surface area contributed by atoms with Gasteiger partial charge in [-0.1, -0.05) is 30.3 Å². The Morgan fingerprint density at radius 3 is 2.76 bits per heavy atom. The zero-order valence-electron chi connectivity index (χ0n) is 9.54. The quantitative estimate of drug-likeness (QED) is 0.751. The highest BCUT2D eigenvalue weighted by Gasteiger charge is 2.31. The first-order chi connectivity index (χ1) is 8.33. The fraction of sp³-hybridized carbons (Fsp3) is 0.286. The molecule has 1 aliphatic carbocycles. The Hall–Kier alpha value is -1.90. The number of ketones is 1. The Kier molecular flexibility index (Phi) is 2.52. The summed E-state index contributed by atoms with van der Waals surface area (Å²) in [6.07, 6.45) is 5.63. The van der Waals surface area contributed by atoms with Crippen LogP contribution in [0.5, 0.6) is 0 Å². The van der Waals surface area contributed by atoms with Gasteiger partial charge in [0.25, 0.3) is 0 Å². The second kappa shape index (κ2) is 4.17. The molecule has 0 spiro atoms. The van der Waals surface area contributed by atoms with E-state index in [4.69, 9.17) is 0 Å². The minimum absolute atomic E-state index is 0.254. The predicted molar refractivity (Wildman–Crippen MR) is 64.8 cm³/mol. The van der Waals surface area contributed by atoms with Gasteiger partial charge in [-0.3, -0.25) is 9.48 Å². The third kappa shape index (κ3) is 2.28. The molecule has 3 nitrogen and oxygen atoms in total. The summed E-state index contributed by atoms with van der Waals surface area (Å²) in [5.74, 6) is 0.522. The number of Topliss-reactive ketones (excluding diaryl/α,β-unsaturated/α-hetero) is 1. The van der Waals surface area contributed by atoms with E-state index in [1.165, 1.54) is 5.56 Å². The number of benzene rings is 1. The lowest BCUT2D eigenvalue weighted by Gasteiger charge is -2.00. The van der Waals surface area contributed by atoms with Gasteiger partial charge >= 0.3 is 0 Å². The molecule has 1 saturated carbocycles. The summed E-state index contributed by atoms with van der Waals surface area (Å²) < 4.78 is 1.82. The van der Waals surface area contributed by atoms with Gasteiger partial charge in [0.2, 0.25) is 0 Å². The fourth-order valence-electron chi connectivity index (χ4n) is 1.93. The lowest BCUT2D eigenvalue weighted by molar-refractivity contribution is 0.0967. The van der Waals surface area contributed by atoms with Crippen LogP contribution in [0.15, 0.2) is 42.7 Å². The average molecular weight is 226 g/mol. The molecule has 0 aliphatic heterocycles. The normalized spacial score (nSPS) is 14.8. The highest BCUT2D eigenvalue weighted by Crippen LogP contribution is 2.32. The topological polar surface area (TPSA) is 34.9 Å². The van der Waals surface area contributed by atoms with Crippen molar-refractivity contribution in [3.8, 4) is 0 Å². The summed E-state index contributed by atoms with van der Waals surface area (Å²) in [5, 5.41) is 4.24. The van der Waals surface area contributed by atoms with Gasteiger partial charge in [0.1, 0.15) is 0 Å². The zero-order chi connectivity index (χ0) is 11.7. The van der Waals surface area contributed by atoms with Crippen LogP contribution in [-0.4, -0.2) is 15.6 Å². The van der Waals surface area contributed by atoms with E-state index in [1.54, 1.807) is 6.20 Å². The highest BCUT2D eigenvalue weighted by atomic mass is 16.1. The number of carbonyl (C=O) groups is 1. The van der Waals surface area contributed by atoms with Crippen molar-refractivity contribution in [2.75, 3.05) is 0 Å². The zero-order valence-corrected chi connectivity index (χ0v) is 9.54. The Morgan fingerprint density at radius 2 is 2.06 bits per heavy atom. The third-order valence-corrected chi connectivity index (χ3v) is 3.05. The van der Waals surface area contributed by atoms with Crippen LogP contribution in [0.2, 0.25) is 0 Å². The van der Waals surface area contributed by atoms with Crippen LogP contribution in [0.1, 0.15) is 28.8 Å². The van der Waals surface area contributed by atoms with Crippen molar-refractivity contribution in [1.29, 1.82) is 0 Å². The molecule has 0 bridgehead atoms. The molecule has 0 saturated heterocycles. The van der Waals surface area contributed by atoms with Crippen LogP contribution in [0.4, 0.5) is 0 Å². The first kappa shape index (κ1) is 10.3. The molecule has 3 heteroatoms. The third-order valence-electron chi connectivity index (χ3n) is 3.05. The molecule has 2 aromatic rings. The van der Waals surface area contributed by atoms with Crippen LogP contribution in [0, 0.1) is 5.92 Å². The summed E-state index contributed by atoms with van der Waals surface area (Å²) in [5.41, 5.74) is 1.95. The summed E-state index contributed by atoms with van der Waals surface area (Å²) in [6.45, 7) is 0.721. The number of hydrogen-bond acceptors (Lipinski definition) is 2. The van der Waals surface area contributed by atoms with E-state index in [-0.39, 0.29) is 11.7 Å². The summed E-state index contributed by atoms with van der Waals surface area (Å²) in [6, 6.07) is 10.1. The number of nitrogens with zero attached hydrogens (tertiary/aromatic N) is 2. The molecule has 17 heavy (non-hydrogen) atoms. The van der Waals surface area contributed by atoms with E-state index in [0.29, 0.717) is 0 Å². The molecule has 1 fully saturated rings. The Labute approximate surface area is 100 Å². The summed E-state index contributed by atoms with van der Waals surface area (Å²) >= 11 is 0. The van der Waals surface area contributed by atoms with Gasteiger partial charge in [0, 0.05) is 12.1 Å². The molecular weight excluding hydrogens is 212 g/mol. The number of carbonyl (C=O) groups excluding carboxylic acids is 1. The van der Waals surface area contributed by atoms with Crippen molar-refractivity contribution in [2.45, 2.75) is 19.4 Å². The number of rotatable bonds is 4. The summed E-state index contributed by atoms with van der Waals surface area (Å²) in [4.78, 5) is 11.8. The first-order valence-corrected chi connectivity index (χ1v) is 5.93. The van der Waals surface area contributed by atoms with E-state index in [2.05, 4.69) is 17.2 Å². The van der Waals surface area contributed by atoms with Gasteiger partial charge in [0.05, 0.1) is 18.3 Å². The van der Waals surface area contributed by atoms with Gasteiger partial charge in [-0.25, -0.2) is 0 Å². The van der Waals surface area contributed by atoms with Crippen LogP contribution < -0.4 is 0 Å². The van der Waals surface area contributed by atoms with Gasteiger partial charge in [-0.15, -0.1) is 0 Å². The van der Waals surface area contributed by atoms with Crippen LogP contribution >= 0.6 is 0 Å². The molecule has 0 atom stereocenters. The number of hydrogen-bond donors (Lipinski definition) is 0. The van der Waals surface area contributed by atoms with Gasteiger partial charge in [-0.05, 0) is 18.4 Å². The van der Waals surface area contributed by atoms with Crippen molar-refractivity contribution in [3.63, 3.8) is 0 Å². The second-order valence-electron chi connectivity index (χ2n) is 4.55. The Morgan fingerprint density at radius 1 is 1.29 bits per heavy atom. The van der Waals surface area contributed by atoms with Crippen molar-refractivity contribution >= 4 is 5.78 Å². The maximum Gasteiger partial charge on any atom is 0.169 e. The van der Waals surface area contributed by atoms with Crippen molar-refractivity contribution in [3.05, 3.63) is 53.9 Å². The molecule has 0 N–H and O–H groups in total. The maximum atomic E-state index is 11.8. The fourth-order valence-corrected chi connectivity index (χ4v) is 1.93. The van der Waals surface area contributed by atoms with E-state index in [9.17, 15) is 4.79 Å². The standard InChI is InChI=1S/C14H14N2O/c17-14(12-6-7-12)13-8-15-16(10-13)9-11-4-2-1-3-5-11/h1-5,8,10,12H,6-7,9H2. The van der Waals surface area contributed by atoms with Gasteiger partial charge in [0.15, 0.2) is 5.78 Å². The molecule has 3 rings (SSSR count). The number of aromatic nitrogens is 2. The minimum atomic E-state index is 0.254. The second-order valence-corrected chi connectivity index (χ2v) is 4.55. The highest BCUT2D eigenvalue weighted by molar-refractivity contribution is 5.98. The molecule has 0 unspecified atom stereocenters. The van der Waals surface area contributed by atoms with Crippen LogP contribution in [0.3, 0.4) is 0 Å². The molecular formula is C14H14N2O. The minimum Gasteiger partial charge on any atom is -0.294 e. The average Bonchev–Trinajstić information content (AvgIpc) is 3.11. The Balaban J connectivity index is 1.74. The molecule has 1 heterocycles. The molecule has 86 valence electrons. The van der Waals surface area contributed by atoms with E-state index in [1.807, 2.05) is 29.1 Å². The first-order valence-electron chi connectivity index (χ1n) is 5.93. The van der Waals surface area contributed by atoms with E-state index < -0.39 is 0 Å². The summed E-state index contributed by atoms with van der Waals surface area (Å²) in [7, 11) is 0. The van der Waals surface area contributed by atoms with Gasteiger partial charge < -0.3 is 0 Å². The van der Waals surface area contributed by atoms with Gasteiger partial charge in [-0.2, -0.15) is 5.10 Å². The molecule has 1 aromatic carbocycles. The molecule has 0 amide bonds. The maximum absolute atomic E-state index is 11.8. The predicted octanol–water partition coefficient (Wildman–Crippen LogP) is 2.52. The van der Waals surface area contributed by atoms with E-state index in [0.717, 1.165) is 24.9 Å². The monoisotopic (exact) mass is 226 g/mol. The Bertz CT molecular complexity index is 526. The molecule has 1 aliphatic rings. The van der Waals surface area contributed by atoms with Crippen LogP contribution in [0.25, 0.3) is 0 Å². The largest absolute Gasteiger partial charge is 0.294 e. The van der Waals surface area contributed by atoms with Crippen molar-refractivity contribution in [2.24, 2.45) is 5.92 Å². The van der Waals surface area contributed by atoms with Crippen LogP contribution in [-0.2, 0) is 6.54 Å². The molecule has 0 radical (unpaired) electrons. The lowest BCUT2D eigenvalue weighted by atomic mass is 10.1. The SMILES string of the molecule is O=C(c1cnn(Cc2ccccc2)c1)C1CC1. The van der Waals surface area contributed by atoms with Crippen molar-refractivity contribution in [1.82, 2.24) is 9.78 Å². The lowest BCUT2D eigenvalue weighted by Crippen LogP contribution is -2.01. The van der Waals surface area contributed by atoms with Crippen molar-refractivity contribution < 1.29 is 4.79 Å². The van der Waals surface area contributed by atoms with E-state index >= 15 is 0 Å². The smallest absolute Gasteiger partial charge is 0.169 e.